The Kier molecular flexibility index (Phi) is 6.35. The molecule has 0 radical (unpaired) electrons. The molecule has 0 saturated heterocycles. The maximum absolute atomic E-state index is 11.8. The smallest absolute Gasteiger partial charge is 0.305 e. The van der Waals surface area contributed by atoms with E-state index in [9.17, 15) is 9.59 Å². The summed E-state index contributed by atoms with van der Waals surface area (Å²) in [5, 5.41) is 2.74. The molecule has 0 aliphatic carbocycles. The Hall–Kier alpha value is -0.880. The molecule has 0 atom stereocenters. The van der Waals surface area contributed by atoms with E-state index in [4.69, 9.17) is 0 Å². The number of methoxy groups -OCH3 is 1. The zero-order valence-corrected chi connectivity index (χ0v) is 13.0. The summed E-state index contributed by atoms with van der Waals surface area (Å²) in [6, 6.07) is 5.33. The van der Waals surface area contributed by atoms with Crippen molar-refractivity contribution in [2.24, 2.45) is 0 Å². The molecule has 1 amide bonds. The number of halogens is 2. The maximum atomic E-state index is 11.8. The van der Waals surface area contributed by atoms with Gasteiger partial charge in [0.25, 0.3) is 5.91 Å². The van der Waals surface area contributed by atoms with E-state index in [0.29, 0.717) is 24.9 Å². The molecular weight excluding hydrogens is 366 g/mol. The van der Waals surface area contributed by atoms with Crippen LogP contribution in [0.1, 0.15) is 23.2 Å². The first-order chi connectivity index (χ1) is 8.52. The summed E-state index contributed by atoms with van der Waals surface area (Å²) in [5.41, 5.74) is 0.564. The van der Waals surface area contributed by atoms with Gasteiger partial charge in [0.1, 0.15) is 0 Å². The normalized spacial score (nSPS) is 9.94. The van der Waals surface area contributed by atoms with E-state index in [1.165, 1.54) is 7.11 Å². The highest BCUT2D eigenvalue weighted by atomic mass is 79.9. The van der Waals surface area contributed by atoms with Crippen LogP contribution in [0.3, 0.4) is 0 Å². The van der Waals surface area contributed by atoms with E-state index in [2.05, 4.69) is 41.9 Å². The van der Waals surface area contributed by atoms with Crippen LogP contribution in [-0.2, 0) is 9.53 Å². The van der Waals surface area contributed by atoms with Crippen molar-refractivity contribution in [3.05, 3.63) is 32.7 Å². The number of hydrogen-bond acceptors (Lipinski definition) is 3. The minimum absolute atomic E-state index is 0.165. The summed E-state index contributed by atoms with van der Waals surface area (Å²) in [6.07, 6.45) is 0.868. The quantitative estimate of drug-likeness (QED) is 0.633. The predicted octanol–water partition coefficient (Wildman–Crippen LogP) is 2.89. The van der Waals surface area contributed by atoms with Gasteiger partial charge in [-0.2, -0.15) is 0 Å². The van der Waals surface area contributed by atoms with Crippen LogP contribution in [0, 0.1) is 0 Å². The number of benzene rings is 1. The first kappa shape index (κ1) is 15.2. The van der Waals surface area contributed by atoms with E-state index in [-0.39, 0.29) is 11.9 Å². The second-order valence-electron chi connectivity index (χ2n) is 3.59. The second-order valence-corrected chi connectivity index (χ2v) is 5.43. The molecule has 1 rings (SSSR count). The Bertz CT molecular complexity index is 429. The third-order valence-electron chi connectivity index (χ3n) is 2.20. The lowest BCUT2D eigenvalue weighted by Crippen LogP contribution is -2.25. The number of carbonyl (C=O) groups excluding carboxylic acids is 2. The van der Waals surface area contributed by atoms with Gasteiger partial charge in [0.15, 0.2) is 0 Å². The Morgan fingerprint density at radius 1 is 1.22 bits per heavy atom. The van der Waals surface area contributed by atoms with Gasteiger partial charge < -0.3 is 10.1 Å². The largest absolute Gasteiger partial charge is 0.469 e. The van der Waals surface area contributed by atoms with Crippen molar-refractivity contribution in [3.8, 4) is 0 Å². The fourth-order valence-electron chi connectivity index (χ4n) is 1.32. The van der Waals surface area contributed by atoms with Gasteiger partial charge in [-0.15, -0.1) is 0 Å². The second kappa shape index (κ2) is 7.53. The molecule has 1 aromatic carbocycles. The Morgan fingerprint density at radius 3 is 2.39 bits per heavy atom. The molecular formula is C12H13Br2NO3. The van der Waals surface area contributed by atoms with Crippen LogP contribution in [-0.4, -0.2) is 25.5 Å². The number of nitrogens with one attached hydrogen (secondary N) is 1. The molecule has 18 heavy (non-hydrogen) atoms. The van der Waals surface area contributed by atoms with Gasteiger partial charge in [0.05, 0.1) is 7.11 Å². The van der Waals surface area contributed by atoms with Crippen molar-refractivity contribution in [1.82, 2.24) is 5.32 Å². The third kappa shape index (κ3) is 5.18. The number of hydrogen-bond donors (Lipinski definition) is 1. The van der Waals surface area contributed by atoms with Crippen LogP contribution in [0.5, 0.6) is 0 Å². The molecule has 0 saturated carbocycles. The summed E-state index contributed by atoms with van der Waals surface area (Å²) in [7, 11) is 1.35. The maximum Gasteiger partial charge on any atom is 0.305 e. The summed E-state index contributed by atoms with van der Waals surface area (Å²) < 4.78 is 6.17. The molecule has 1 aromatic rings. The fourth-order valence-corrected chi connectivity index (χ4v) is 2.62. The van der Waals surface area contributed by atoms with Crippen molar-refractivity contribution < 1.29 is 14.3 Å². The summed E-state index contributed by atoms with van der Waals surface area (Å²) in [6.45, 7) is 0.443. The van der Waals surface area contributed by atoms with Gasteiger partial charge in [0, 0.05) is 27.5 Å². The highest BCUT2D eigenvalue weighted by Crippen LogP contribution is 2.19. The number of ether oxygens (including phenoxy) is 1. The Morgan fingerprint density at radius 2 is 1.83 bits per heavy atom. The van der Waals surface area contributed by atoms with Gasteiger partial charge in [-0.3, -0.25) is 9.59 Å². The molecule has 0 aromatic heterocycles. The molecule has 0 spiro atoms. The summed E-state index contributed by atoms with van der Waals surface area (Å²) in [5.74, 6) is -0.434. The lowest BCUT2D eigenvalue weighted by molar-refractivity contribution is -0.140. The standard InChI is InChI=1S/C12H13Br2NO3/c1-18-11(16)3-2-4-15-12(17)8-5-9(13)7-10(14)6-8/h5-7H,2-4H2,1H3,(H,15,17). The van der Waals surface area contributed by atoms with Crippen LogP contribution in [0.2, 0.25) is 0 Å². The highest BCUT2D eigenvalue weighted by molar-refractivity contribution is 9.11. The topological polar surface area (TPSA) is 55.4 Å². The van der Waals surface area contributed by atoms with E-state index < -0.39 is 0 Å². The van der Waals surface area contributed by atoms with E-state index in [1.54, 1.807) is 12.1 Å². The molecule has 4 nitrogen and oxygen atoms in total. The average Bonchev–Trinajstić information content (AvgIpc) is 2.32. The van der Waals surface area contributed by atoms with E-state index >= 15 is 0 Å². The molecule has 0 aliphatic heterocycles. The van der Waals surface area contributed by atoms with E-state index in [0.717, 1.165) is 8.95 Å². The molecule has 0 fully saturated rings. The number of amides is 1. The molecule has 1 N–H and O–H groups in total. The van der Waals surface area contributed by atoms with Gasteiger partial charge in [-0.05, 0) is 24.6 Å². The van der Waals surface area contributed by atoms with Crippen LogP contribution < -0.4 is 5.32 Å². The molecule has 0 aliphatic rings. The van der Waals surface area contributed by atoms with Crippen LogP contribution in [0.25, 0.3) is 0 Å². The third-order valence-corrected chi connectivity index (χ3v) is 3.11. The molecule has 0 heterocycles. The van der Waals surface area contributed by atoms with Gasteiger partial charge in [-0.1, -0.05) is 31.9 Å². The summed E-state index contributed by atoms with van der Waals surface area (Å²) in [4.78, 5) is 22.7. The van der Waals surface area contributed by atoms with Gasteiger partial charge in [-0.25, -0.2) is 0 Å². The number of esters is 1. The molecule has 98 valence electrons. The van der Waals surface area contributed by atoms with Gasteiger partial charge >= 0.3 is 5.97 Å². The lowest BCUT2D eigenvalue weighted by Gasteiger charge is -2.06. The predicted molar refractivity (Wildman–Crippen MR) is 75.4 cm³/mol. The zero-order valence-electron chi connectivity index (χ0n) is 9.83. The minimum atomic E-state index is -0.269. The highest BCUT2D eigenvalue weighted by Gasteiger charge is 2.07. The van der Waals surface area contributed by atoms with Crippen LogP contribution in [0.15, 0.2) is 27.1 Å². The van der Waals surface area contributed by atoms with Crippen LogP contribution >= 0.6 is 31.9 Å². The van der Waals surface area contributed by atoms with Crippen molar-refractivity contribution in [3.63, 3.8) is 0 Å². The minimum Gasteiger partial charge on any atom is -0.469 e. The van der Waals surface area contributed by atoms with Crippen LogP contribution in [0.4, 0.5) is 0 Å². The molecule has 0 bridgehead atoms. The van der Waals surface area contributed by atoms with Crippen molar-refractivity contribution in [2.45, 2.75) is 12.8 Å². The zero-order chi connectivity index (χ0) is 13.5. The average molecular weight is 379 g/mol. The lowest BCUT2D eigenvalue weighted by atomic mass is 10.2. The van der Waals surface area contributed by atoms with Crippen molar-refractivity contribution in [1.29, 1.82) is 0 Å². The number of rotatable bonds is 5. The van der Waals surface area contributed by atoms with Gasteiger partial charge in [0.2, 0.25) is 0 Å². The first-order valence-corrected chi connectivity index (χ1v) is 6.92. The first-order valence-electron chi connectivity index (χ1n) is 5.34. The monoisotopic (exact) mass is 377 g/mol. The van der Waals surface area contributed by atoms with E-state index in [1.807, 2.05) is 6.07 Å². The fraction of sp³-hybridized carbons (Fsp3) is 0.333. The molecule has 6 heteroatoms. The molecule has 0 unspecified atom stereocenters. The van der Waals surface area contributed by atoms with Crippen molar-refractivity contribution in [2.75, 3.05) is 13.7 Å². The Labute approximate surface area is 122 Å². The van der Waals surface area contributed by atoms with Crippen molar-refractivity contribution >= 4 is 43.7 Å². The Balaban J connectivity index is 2.43. The SMILES string of the molecule is COC(=O)CCCNC(=O)c1cc(Br)cc(Br)c1. The number of carbonyl (C=O) groups is 2. The summed E-state index contributed by atoms with van der Waals surface area (Å²) >= 11 is 6.64.